The highest BCUT2D eigenvalue weighted by molar-refractivity contribution is 5.42. The van der Waals surface area contributed by atoms with Crippen LogP contribution in [0.15, 0.2) is 18.2 Å². The maximum Gasteiger partial charge on any atom is 0.122 e. The molecule has 0 heterocycles. The normalized spacial score (nSPS) is 12.3. The van der Waals surface area contributed by atoms with Gasteiger partial charge in [0.05, 0.1) is 14.2 Å². The third-order valence-corrected chi connectivity index (χ3v) is 2.57. The topological polar surface area (TPSA) is 44.5 Å². The second-order valence-electron chi connectivity index (χ2n) is 3.59. The van der Waals surface area contributed by atoms with Crippen LogP contribution >= 0.6 is 0 Å². The Balaban J connectivity index is 3.00. The van der Waals surface area contributed by atoms with Crippen LogP contribution in [0.4, 0.5) is 0 Å². The number of hydrogen-bond donors (Lipinski definition) is 1. The molecule has 0 aromatic heterocycles. The molecule has 1 aromatic carbocycles. The highest BCUT2D eigenvalue weighted by Crippen LogP contribution is 2.31. The first-order valence-corrected chi connectivity index (χ1v) is 5.15. The van der Waals surface area contributed by atoms with E-state index in [2.05, 4.69) is 6.92 Å². The molecule has 0 saturated heterocycles. The molecule has 0 spiro atoms. The van der Waals surface area contributed by atoms with Crippen LogP contribution in [0.3, 0.4) is 0 Å². The van der Waals surface area contributed by atoms with Gasteiger partial charge in [-0.3, -0.25) is 0 Å². The fourth-order valence-corrected chi connectivity index (χ4v) is 1.63. The molecule has 0 aliphatic heterocycles. The fraction of sp³-hybridized carbons (Fsp3) is 0.500. The van der Waals surface area contributed by atoms with Crippen molar-refractivity contribution in [2.75, 3.05) is 20.8 Å². The monoisotopic (exact) mass is 209 g/mol. The smallest absolute Gasteiger partial charge is 0.122 e. The van der Waals surface area contributed by atoms with Crippen molar-refractivity contribution in [2.45, 2.75) is 19.3 Å². The molecule has 0 saturated carbocycles. The Bertz CT molecular complexity index is 312. The van der Waals surface area contributed by atoms with E-state index in [-0.39, 0.29) is 0 Å². The second-order valence-corrected chi connectivity index (χ2v) is 3.59. The van der Waals surface area contributed by atoms with Gasteiger partial charge >= 0.3 is 0 Å². The number of ether oxygens (including phenoxy) is 2. The lowest BCUT2D eigenvalue weighted by Crippen LogP contribution is -2.06. The van der Waals surface area contributed by atoms with Gasteiger partial charge in [0.15, 0.2) is 0 Å². The quantitative estimate of drug-likeness (QED) is 0.808. The summed E-state index contributed by atoms with van der Waals surface area (Å²) < 4.78 is 10.5. The summed E-state index contributed by atoms with van der Waals surface area (Å²) in [5.41, 5.74) is 6.71. The molecule has 1 aromatic rings. The van der Waals surface area contributed by atoms with Gasteiger partial charge < -0.3 is 15.2 Å². The number of benzene rings is 1. The molecule has 0 fully saturated rings. The van der Waals surface area contributed by atoms with E-state index < -0.39 is 0 Å². The Kier molecular flexibility index (Phi) is 4.43. The average Bonchev–Trinajstić information content (AvgIpc) is 2.28. The first-order valence-electron chi connectivity index (χ1n) is 5.15. The highest BCUT2D eigenvalue weighted by atomic mass is 16.5. The molecule has 3 nitrogen and oxygen atoms in total. The van der Waals surface area contributed by atoms with Crippen LogP contribution < -0.4 is 15.2 Å². The maximum absolute atomic E-state index is 5.56. The van der Waals surface area contributed by atoms with Crippen molar-refractivity contribution in [1.29, 1.82) is 0 Å². The molecular weight excluding hydrogens is 190 g/mol. The molecule has 1 unspecified atom stereocenters. The highest BCUT2D eigenvalue weighted by Gasteiger charge is 2.11. The van der Waals surface area contributed by atoms with Crippen LogP contribution in [0, 0.1) is 0 Å². The predicted molar refractivity (Wildman–Crippen MR) is 61.6 cm³/mol. The summed E-state index contributed by atoms with van der Waals surface area (Å²) in [5.74, 6) is 2.14. The number of methoxy groups -OCH3 is 2. The summed E-state index contributed by atoms with van der Waals surface area (Å²) in [6.07, 6.45) is 0.948. The molecule has 2 N–H and O–H groups in total. The summed E-state index contributed by atoms with van der Waals surface area (Å²) >= 11 is 0. The number of rotatable bonds is 5. The third-order valence-electron chi connectivity index (χ3n) is 2.57. The van der Waals surface area contributed by atoms with Crippen LogP contribution in [0.1, 0.15) is 24.8 Å². The van der Waals surface area contributed by atoms with Gasteiger partial charge in [0.25, 0.3) is 0 Å². The van der Waals surface area contributed by atoms with Crippen LogP contribution in [0.25, 0.3) is 0 Å². The Morgan fingerprint density at radius 3 is 2.53 bits per heavy atom. The largest absolute Gasteiger partial charge is 0.497 e. The van der Waals surface area contributed by atoms with E-state index >= 15 is 0 Å². The van der Waals surface area contributed by atoms with Crippen molar-refractivity contribution < 1.29 is 9.47 Å². The maximum atomic E-state index is 5.56. The SMILES string of the molecule is COc1ccc(OC)c(C(C)CCN)c1. The summed E-state index contributed by atoms with van der Waals surface area (Å²) in [6, 6.07) is 5.85. The van der Waals surface area contributed by atoms with Crippen LogP contribution in [0.5, 0.6) is 11.5 Å². The minimum atomic E-state index is 0.389. The molecule has 0 aliphatic carbocycles. The van der Waals surface area contributed by atoms with E-state index in [0.717, 1.165) is 23.5 Å². The lowest BCUT2D eigenvalue weighted by Gasteiger charge is -2.15. The van der Waals surface area contributed by atoms with E-state index in [9.17, 15) is 0 Å². The zero-order valence-corrected chi connectivity index (χ0v) is 9.62. The molecule has 84 valence electrons. The Morgan fingerprint density at radius 1 is 1.27 bits per heavy atom. The van der Waals surface area contributed by atoms with Crippen LogP contribution in [-0.4, -0.2) is 20.8 Å². The van der Waals surface area contributed by atoms with Gasteiger partial charge in [-0.15, -0.1) is 0 Å². The number of nitrogens with two attached hydrogens (primary N) is 1. The first kappa shape index (κ1) is 11.9. The van der Waals surface area contributed by atoms with E-state index in [0.29, 0.717) is 12.5 Å². The third kappa shape index (κ3) is 2.86. The van der Waals surface area contributed by atoms with Crippen molar-refractivity contribution in [3.8, 4) is 11.5 Å². The molecule has 1 rings (SSSR count). The van der Waals surface area contributed by atoms with Gasteiger partial charge in [0.1, 0.15) is 11.5 Å². The Morgan fingerprint density at radius 2 is 2.00 bits per heavy atom. The van der Waals surface area contributed by atoms with Crippen molar-refractivity contribution in [2.24, 2.45) is 5.73 Å². The van der Waals surface area contributed by atoms with Crippen molar-refractivity contribution in [3.63, 3.8) is 0 Å². The Hall–Kier alpha value is -1.22. The molecule has 0 bridgehead atoms. The molecule has 3 heteroatoms. The second kappa shape index (κ2) is 5.61. The lowest BCUT2D eigenvalue weighted by molar-refractivity contribution is 0.395. The van der Waals surface area contributed by atoms with Gasteiger partial charge in [0.2, 0.25) is 0 Å². The zero-order valence-electron chi connectivity index (χ0n) is 9.62. The molecule has 0 radical (unpaired) electrons. The average molecular weight is 209 g/mol. The van der Waals surface area contributed by atoms with Gasteiger partial charge in [-0.2, -0.15) is 0 Å². The molecular formula is C12H19NO2. The summed E-state index contributed by atoms with van der Waals surface area (Å²) in [5, 5.41) is 0. The minimum Gasteiger partial charge on any atom is -0.497 e. The molecule has 0 aliphatic rings. The van der Waals surface area contributed by atoms with E-state index in [1.165, 1.54) is 0 Å². The first-order chi connectivity index (χ1) is 7.22. The van der Waals surface area contributed by atoms with Gasteiger partial charge in [0, 0.05) is 5.56 Å². The van der Waals surface area contributed by atoms with Crippen LogP contribution in [0.2, 0.25) is 0 Å². The summed E-state index contributed by atoms with van der Waals surface area (Å²) in [7, 11) is 3.35. The van der Waals surface area contributed by atoms with Crippen molar-refractivity contribution in [1.82, 2.24) is 0 Å². The van der Waals surface area contributed by atoms with Gasteiger partial charge in [-0.25, -0.2) is 0 Å². The molecule has 0 amide bonds. The van der Waals surface area contributed by atoms with Gasteiger partial charge in [-0.1, -0.05) is 6.92 Å². The van der Waals surface area contributed by atoms with Gasteiger partial charge in [-0.05, 0) is 37.1 Å². The van der Waals surface area contributed by atoms with E-state index in [4.69, 9.17) is 15.2 Å². The minimum absolute atomic E-state index is 0.389. The molecule has 1 atom stereocenters. The predicted octanol–water partition coefficient (Wildman–Crippen LogP) is 2.16. The van der Waals surface area contributed by atoms with Crippen molar-refractivity contribution >= 4 is 0 Å². The van der Waals surface area contributed by atoms with Crippen LogP contribution in [-0.2, 0) is 0 Å². The molecule has 15 heavy (non-hydrogen) atoms. The standard InChI is InChI=1S/C12H19NO2/c1-9(6-7-13)11-8-10(14-2)4-5-12(11)15-3/h4-5,8-9H,6-7,13H2,1-3H3. The fourth-order valence-electron chi connectivity index (χ4n) is 1.63. The lowest BCUT2D eigenvalue weighted by atomic mass is 9.96. The summed E-state index contributed by atoms with van der Waals surface area (Å²) in [4.78, 5) is 0. The number of hydrogen-bond acceptors (Lipinski definition) is 3. The summed E-state index contributed by atoms with van der Waals surface area (Å²) in [6.45, 7) is 2.83. The zero-order chi connectivity index (χ0) is 11.3. The van der Waals surface area contributed by atoms with E-state index in [1.54, 1.807) is 14.2 Å². The van der Waals surface area contributed by atoms with Crippen molar-refractivity contribution in [3.05, 3.63) is 23.8 Å². The van der Waals surface area contributed by atoms with E-state index in [1.807, 2.05) is 18.2 Å². The Labute approximate surface area is 91.2 Å².